The van der Waals surface area contributed by atoms with Crippen molar-refractivity contribution in [2.24, 2.45) is 0 Å². The van der Waals surface area contributed by atoms with Crippen molar-refractivity contribution >= 4 is 0 Å². The third kappa shape index (κ3) is 3.64. The quantitative estimate of drug-likeness (QED) is 0.895. The predicted molar refractivity (Wildman–Crippen MR) is 73.2 cm³/mol. The number of hydrogen-bond donors (Lipinski definition) is 1. The summed E-state index contributed by atoms with van der Waals surface area (Å²) in [5.74, 6) is 1.63. The van der Waals surface area contributed by atoms with Gasteiger partial charge in [-0.2, -0.15) is 0 Å². The minimum absolute atomic E-state index is 0.107. The van der Waals surface area contributed by atoms with Gasteiger partial charge in [0, 0.05) is 19.0 Å². The van der Waals surface area contributed by atoms with Crippen molar-refractivity contribution in [3.63, 3.8) is 0 Å². The average Bonchev–Trinajstić information content (AvgIpc) is 2.41. The first-order valence-corrected chi connectivity index (χ1v) is 6.92. The Kier molecular flexibility index (Phi) is 4.71. The molecule has 0 aliphatic carbocycles. The second-order valence-corrected chi connectivity index (χ2v) is 5.47. The van der Waals surface area contributed by atoms with Crippen LogP contribution >= 0.6 is 0 Å². The summed E-state index contributed by atoms with van der Waals surface area (Å²) in [5, 5.41) is 9.42. The van der Waals surface area contributed by atoms with Crippen LogP contribution in [0.2, 0.25) is 0 Å². The van der Waals surface area contributed by atoms with E-state index in [0.717, 1.165) is 31.8 Å². The maximum absolute atomic E-state index is 9.42. The molecule has 5 nitrogen and oxygen atoms in total. The van der Waals surface area contributed by atoms with Crippen molar-refractivity contribution < 1.29 is 9.84 Å². The van der Waals surface area contributed by atoms with Crippen LogP contribution in [0.3, 0.4) is 0 Å². The average molecular weight is 265 g/mol. The molecule has 0 unspecified atom stereocenters. The molecule has 0 amide bonds. The molecule has 0 radical (unpaired) electrons. The Morgan fingerprint density at radius 2 is 2.11 bits per heavy atom. The second-order valence-electron chi connectivity index (χ2n) is 5.47. The van der Waals surface area contributed by atoms with Crippen molar-refractivity contribution in [2.75, 3.05) is 20.1 Å². The summed E-state index contributed by atoms with van der Waals surface area (Å²) in [4.78, 5) is 11.0. The van der Waals surface area contributed by atoms with E-state index >= 15 is 0 Å². The van der Waals surface area contributed by atoms with Crippen molar-refractivity contribution in [3.05, 3.63) is 17.7 Å². The Bertz CT molecular complexity index is 415. The van der Waals surface area contributed by atoms with Gasteiger partial charge in [-0.25, -0.2) is 9.97 Å². The Labute approximate surface area is 114 Å². The van der Waals surface area contributed by atoms with Crippen molar-refractivity contribution in [1.82, 2.24) is 14.9 Å². The van der Waals surface area contributed by atoms with Gasteiger partial charge < -0.3 is 14.7 Å². The number of piperidine rings is 1. The molecule has 19 heavy (non-hydrogen) atoms. The third-order valence-corrected chi connectivity index (χ3v) is 3.47. The smallest absolute Gasteiger partial charge is 0.161 e. The highest BCUT2D eigenvalue weighted by molar-refractivity contribution is 5.25. The molecule has 1 saturated heterocycles. The first-order chi connectivity index (χ1) is 9.10. The van der Waals surface area contributed by atoms with E-state index in [9.17, 15) is 5.11 Å². The van der Waals surface area contributed by atoms with E-state index in [1.165, 1.54) is 0 Å². The molecule has 0 bridgehead atoms. The number of aromatic nitrogens is 2. The lowest BCUT2D eigenvalue weighted by atomic mass is 10.1. The number of aliphatic hydroxyl groups is 1. The molecule has 1 aromatic heterocycles. The SMILES string of the molecule is CC(C)c1ncc(OC2CCN(C)CC2)c(CO)n1. The molecule has 1 fully saturated rings. The largest absolute Gasteiger partial charge is 0.487 e. The van der Waals surface area contributed by atoms with Crippen LogP contribution in [0.25, 0.3) is 0 Å². The standard InChI is InChI=1S/C14H23N3O2/c1-10(2)14-15-8-13(12(9-18)16-14)19-11-4-6-17(3)7-5-11/h8,10-11,18H,4-7,9H2,1-3H3. The summed E-state index contributed by atoms with van der Waals surface area (Å²) < 4.78 is 5.95. The van der Waals surface area contributed by atoms with Gasteiger partial charge in [0.15, 0.2) is 5.75 Å². The number of nitrogens with zero attached hydrogens (tertiary/aromatic N) is 3. The molecule has 1 N–H and O–H groups in total. The molecule has 1 aromatic rings. The maximum atomic E-state index is 9.42. The van der Waals surface area contributed by atoms with Crippen LogP contribution in [-0.4, -0.2) is 46.2 Å². The predicted octanol–water partition coefficient (Wildman–Crippen LogP) is 1.57. The van der Waals surface area contributed by atoms with Crippen LogP contribution < -0.4 is 4.74 Å². The molecule has 1 aliphatic rings. The topological polar surface area (TPSA) is 58.5 Å². The highest BCUT2D eigenvalue weighted by Gasteiger charge is 2.20. The zero-order valence-corrected chi connectivity index (χ0v) is 12.0. The fourth-order valence-electron chi connectivity index (χ4n) is 2.19. The van der Waals surface area contributed by atoms with Gasteiger partial charge in [0.1, 0.15) is 17.6 Å². The molecule has 0 saturated carbocycles. The van der Waals surface area contributed by atoms with E-state index in [-0.39, 0.29) is 18.6 Å². The minimum Gasteiger partial charge on any atom is -0.487 e. The van der Waals surface area contributed by atoms with E-state index in [1.807, 2.05) is 13.8 Å². The van der Waals surface area contributed by atoms with Crippen molar-refractivity contribution in [1.29, 1.82) is 0 Å². The van der Waals surface area contributed by atoms with Gasteiger partial charge in [0.25, 0.3) is 0 Å². The van der Waals surface area contributed by atoms with Crippen LogP contribution in [0, 0.1) is 0 Å². The second kappa shape index (κ2) is 6.30. The van der Waals surface area contributed by atoms with Gasteiger partial charge in [0.2, 0.25) is 0 Å². The summed E-state index contributed by atoms with van der Waals surface area (Å²) >= 11 is 0. The van der Waals surface area contributed by atoms with E-state index in [4.69, 9.17) is 4.74 Å². The molecule has 106 valence electrons. The Balaban J connectivity index is 2.07. The number of hydrogen-bond acceptors (Lipinski definition) is 5. The Morgan fingerprint density at radius 1 is 1.42 bits per heavy atom. The number of aliphatic hydroxyl groups excluding tert-OH is 1. The Hall–Kier alpha value is -1.20. The summed E-state index contributed by atoms with van der Waals surface area (Å²) in [7, 11) is 2.12. The van der Waals surface area contributed by atoms with E-state index < -0.39 is 0 Å². The Morgan fingerprint density at radius 3 is 2.68 bits per heavy atom. The molecular weight excluding hydrogens is 242 g/mol. The van der Waals surface area contributed by atoms with Crippen LogP contribution in [0.15, 0.2) is 6.20 Å². The molecule has 0 spiro atoms. The maximum Gasteiger partial charge on any atom is 0.161 e. The zero-order valence-electron chi connectivity index (χ0n) is 12.0. The zero-order chi connectivity index (χ0) is 13.8. The normalized spacial score (nSPS) is 17.9. The first kappa shape index (κ1) is 14.2. The van der Waals surface area contributed by atoms with Crippen LogP contribution in [0.5, 0.6) is 5.75 Å². The van der Waals surface area contributed by atoms with Gasteiger partial charge in [-0.15, -0.1) is 0 Å². The summed E-state index contributed by atoms with van der Waals surface area (Å²) in [6, 6.07) is 0. The summed E-state index contributed by atoms with van der Waals surface area (Å²) in [6.45, 7) is 6.06. The monoisotopic (exact) mass is 265 g/mol. The molecule has 1 aliphatic heterocycles. The molecular formula is C14H23N3O2. The van der Waals surface area contributed by atoms with Gasteiger partial charge in [-0.05, 0) is 19.9 Å². The summed E-state index contributed by atoms with van der Waals surface area (Å²) in [6.07, 6.45) is 3.92. The lowest BCUT2D eigenvalue weighted by molar-refractivity contribution is 0.110. The fourth-order valence-corrected chi connectivity index (χ4v) is 2.19. The van der Waals surface area contributed by atoms with Crippen LogP contribution in [-0.2, 0) is 6.61 Å². The van der Waals surface area contributed by atoms with Gasteiger partial charge in [-0.1, -0.05) is 13.8 Å². The lowest BCUT2D eigenvalue weighted by Crippen LogP contribution is -2.35. The first-order valence-electron chi connectivity index (χ1n) is 6.92. The van der Waals surface area contributed by atoms with Gasteiger partial charge in [0.05, 0.1) is 12.8 Å². The minimum atomic E-state index is -0.107. The summed E-state index contributed by atoms with van der Waals surface area (Å²) in [5.41, 5.74) is 0.595. The fraction of sp³-hybridized carbons (Fsp3) is 0.714. The lowest BCUT2D eigenvalue weighted by Gasteiger charge is -2.29. The highest BCUT2D eigenvalue weighted by atomic mass is 16.5. The van der Waals surface area contributed by atoms with Gasteiger partial charge in [-0.3, -0.25) is 0 Å². The number of likely N-dealkylation sites (tertiary alicyclic amines) is 1. The number of rotatable bonds is 4. The molecule has 2 rings (SSSR count). The molecule has 0 atom stereocenters. The van der Waals surface area contributed by atoms with Crippen molar-refractivity contribution in [3.8, 4) is 5.75 Å². The third-order valence-electron chi connectivity index (χ3n) is 3.47. The molecule has 0 aromatic carbocycles. The van der Waals surface area contributed by atoms with E-state index in [0.29, 0.717) is 11.4 Å². The van der Waals surface area contributed by atoms with Crippen LogP contribution in [0.1, 0.15) is 44.1 Å². The van der Waals surface area contributed by atoms with Crippen LogP contribution in [0.4, 0.5) is 0 Å². The molecule has 2 heterocycles. The van der Waals surface area contributed by atoms with Crippen molar-refractivity contribution in [2.45, 2.75) is 45.3 Å². The number of ether oxygens (including phenoxy) is 1. The van der Waals surface area contributed by atoms with Gasteiger partial charge >= 0.3 is 0 Å². The molecule has 5 heteroatoms. The highest BCUT2D eigenvalue weighted by Crippen LogP contribution is 2.22. The van der Waals surface area contributed by atoms with E-state index in [2.05, 4.69) is 21.9 Å². The van der Waals surface area contributed by atoms with E-state index in [1.54, 1.807) is 6.20 Å².